The van der Waals surface area contributed by atoms with Gasteiger partial charge in [-0.15, -0.1) is 17.9 Å². The minimum Gasteiger partial charge on any atom is -0.352 e. The Morgan fingerprint density at radius 2 is 2.25 bits per heavy atom. The van der Waals surface area contributed by atoms with Crippen molar-refractivity contribution >= 4 is 29.0 Å². The smallest absolute Gasteiger partial charge is 0.233 e. The first kappa shape index (κ1) is 14.8. The van der Waals surface area contributed by atoms with Crippen LogP contribution in [0.5, 0.6) is 0 Å². The van der Waals surface area contributed by atoms with Crippen LogP contribution >= 0.6 is 23.1 Å². The third-order valence-electron chi connectivity index (χ3n) is 2.62. The third-order valence-corrected chi connectivity index (χ3v) is 4.69. The van der Waals surface area contributed by atoms with Gasteiger partial charge in [0.2, 0.25) is 5.91 Å². The van der Waals surface area contributed by atoms with Crippen molar-refractivity contribution in [2.24, 2.45) is 0 Å². The van der Waals surface area contributed by atoms with Crippen LogP contribution in [-0.2, 0) is 4.79 Å². The van der Waals surface area contributed by atoms with E-state index in [0.29, 0.717) is 6.54 Å². The third kappa shape index (κ3) is 3.95. The summed E-state index contributed by atoms with van der Waals surface area (Å²) in [6, 6.07) is 10.0. The highest BCUT2D eigenvalue weighted by Gasteiger charge is 2.15. The van der Waals surface area contributed by atoms with Gasteiger partial charge in [-0.2, -0.15) is 0 Å². The van der Waals surface area contributed by atoms with Crippen molar-refractivity contribution in [3.63, 3.8) is 0 Å². The Morgan fingerprint density at radius 3 is 2.95 bits per heavy atom. The van der Waals surface area contributed by atoms with Crippen molar-refractivity contribution in [1.29, 1.82) is 0 Å². The number of rotatable bonds is 6. The highest BCUT2D eigenvalue weighted by atomic mass is 32.2. The number of nitrogens with one attached hydrogen (secondary N) is 1. The standard InChI is InChI=1S/C15H16N2OS2/c1-3-9-16-14(18)11(2)20-15-17-13(10-19-15)12-7-5-4-6-8-12/h3-8,10-11H,1,9H2,2H3,(H,16,18)/t11-/m1/s1. The first-order valence-electron chi connectivity index (χ1n) is 6.27. The molecule has 5 heteroatoms. The molecule has 0 aliphatic rings. The van der Waals surface area contributed by atoms with Crippen LogP contribution in [0.2, 0.25) is 0 Å². The zero-order valence-electron chi connectivity index (χ0n) is 11.2. The van der Waals surface area contributed by atoms with E-state index in [0.717, 1.165) is 15.6 Å². The van der Waals surface area contributed by atoms with E-state index in [9.17, 15) is 4.79 Å². The van der Waals surface area contributed by atoms with Gasteiger partial charge in [-0.3, -0.25) is 4.79 Å². The molecule has 3 nitrogen and oxygen atoms in total. The second-order valence-corrected chi connectivity index (χ2v) is 6.60. The molecule has 0 unspecified atom stereocenters. The molecule has 20 heavy (non-hydrogen) atoms. The summed E-state index contributed by atoms with van der Waals surface area (Å²) in [5.41, 5.74) is 2.05. The number of thiazole rings is 1. The lowest BCUT2D eigenvalue weighted by Gasteiger charge is -2.08. The van der Waals surface area contributed by atoms with Crippen molar-refractivity contribution in [2.45, 2.75) is 16.5 Å². The number of carbonyl (C=O) groups is 1. The quantitative estimate of drug-likeness (QED) is 0.655. The van der Waals surface area contributed by atoms with Crippen LogP contribution in [-0.4, -0.2) is 22.7 Å². The van der Waals surface area contributed by atoms with E-state index in [-0.39, 0.29) is 11.2 Å². The van der Waals surface area contributed by atoms with Gasteiger partial charge in [0.1, 0.15) is 0 Å². The summed E-state index contributed by atoms with van der Waals surface area (Å²) in [6.07, 6.45) is 1.67. The minimum atomic E-state index is -0.162. The van der Waals surface area contributed by atoms with E-state index in [4.69, 9.17) is 0 Å². The number of hydrogen-bond acceptors (Lipinski definition) is 4. The van der Waals surface area contributed by atoms with Crippen LogP contribution in [0, 0.1) is 0 Å². The maximum absolute atomic E-state index is 11.8. The van der Waals surface area contributed by atoms with Gasteiger partial charge in [-0.05, 0) is 6.92 Å². The highest BCUT2D eigenvalue weighted by molar-refractivity contribution is 8.02. The summed E-state index contributed by atoms with van der Waals surface area (Å²) >= 11 is 3.04. The van der Waals surface area contributed by atoms with E-state index >= 15 is 0 Å². The summed E-state index contributed by atoms with van der Waals surface area (Å²) in [5, 5.41) is 4.65. The predicted molar refractivity (Wildman–Crippen MR) is 86.1 cm³/mol. The molecule has 2 rings (SSSR count). The van der Waals surface area contributed by atoms with E-state index < -0.39 is 0 Å². The van der Waals surface area contributed by atoms with E-state index in [1.165, 1.54) is 11.8 Å². The topological polar surface area (TPSA) is 42.0 Å². The molecule has 1 aromatic carbocycles. The highest BCUT2D eigenvalue weighted by Crippen LogP contribution is 2.30. The molecule has 0 spiro atoms. The first-order valence-corrected chi connectivity index (χ1v) is 8.03. The van der Waals surface area contributed by atoms with Gasteiger partial charge in [0.25, 0.3) is 0 Å². The molecule has 0 fully saturated rings. The van der Waals surface area contributed by atoms with Crippen LogP contribution in [0.25, 0.3) is 11.3 Å². The average Bonchev–Trinajstić information content (AvgIpc) is 2.94. The van der Waals surface area contributed by atoms with Crippen LogP contribution in [0.15, 0.2) is 52.7 Å². The maximum atomic E-state index is 11.8. The van der Waals surface area contributed by atoms with Gasteiger partial charge < -0.3 is 5.32 Å². The summed E-state index contributed by atoms with van der Waals surface area (Å²) < 4.78 is 0.908. The molecular weight excluding hydrogens is 288 g/mol. The van der Waals surface area contributed by atoms with Gasteiger partial charge in [0.15, 0.2) is 4.34 Å². The van der Waals surface area contributed by atoms with E-state index in [1.807, 2.05) is 42.6 Å². The van der Waals surface area contributed by atoms with Crippen LogP contribution in [0.4, 0.5) is 0 Å². The largest absolute Gasteiger partial charge is 0.352 e. The Hall–Kier alpha value is -1.59. The first-order chi connectivity index (χ1) is 9.70. The normalized spacial score (nSPS) is 11.8. The molecule has 0 aliphatic carbocycles. The molecule has 1 atom stereocenters. The second-order valence-electron chi connectivity index (χ2n) is 4.16. The minimum absolute atomic E-state index is 0.00589. The number of benzene rings is 1. The van der Waals surface area contributed by atoms with E-state index in [1.54, 1.807) is 17.4 Å². The van der Waals surface area contributed by atoms with Crippen molar-refractivity contribution < 1.29 is 4.79 Å². The van der Waals surface area contributed by atoms with Crippen molar-refractivity contribution in [2.75, 3.05) is 6.54 Å². The fourth-order valence-corrected chi connectivity index (χ4v) is 3.57. The maximum Gasteiger partial charge on any atom is 0.233 e. The summed E-state index contributed by atoms with van der Waals surface area (Å²) in [7, 11) is 0. The molecule has 1 amide bonds. The average molecular weight is 304 g/mol. The van der Waals surface area contributed by atoms with Gasteiger partial charge in [0.05, 0.1) is 10.9 Å². The monoisotopic (exact) mass is 304 g/mol. The summed E-state index contributed by atoms with van der Waals surface area (Å²) in [5.74, 6) is 0.00589. The zero-order chi connectivity index (χ0) is 14.4. The number of hydrogen-bond donors (Lipinski definition) is 1. The number of amides is 1. The van der Waals surface area contributed by atoms with Gasteiger partial charge >= 0.3 is 0 Å². The van der Waals surface area contributed by atoms with E-state index in [2.05, 4.69) is 16.9 Å². The number of carbonyl (C=O) groups excluding carboxylic acids is 1. The molecule has 2 aromatic rings. The Bertz CT molecular complexity index is 581. The zero-order valence-corrected chi connectivity index (χ0v) is 12.8. The SMILES string of the molecule is C=CCNC(=O)[C@@H](C)Sc1nc(-c2ccccc2)cs1. The lowest BCUT2D eigenvalue weighted by atomic mass is 10.2. The molecular formula is C15H16N2OS2. The number of aromatic nitrogens is 1. The molecule has 1 heterocycles. The van der Waals surface area contributed by atoms with Gasteiger partial charge in [0, 0.05) is 17.5 Å². The molecule has 0 saturated heterocycles. The summed E-state index contributed by atoms with van der Waals surface area (Å²) in [4.78, 5) is 16.3. The van der Waals surface area contributed by atoms with Crippen LogP contribution in [0.1, 0.15) is 6.92 Å². The lowest BCUT2D eigenvalue weighted by molar-refractivity contribution is -0.120. The van der Waals surface area contributed by atoms with Crippen molar-refractivity contribution in [3.8, 4) is 11.3 Å². The number of thioether (sulfide) groups is 1. The molecule has 104 valence electrons. The van der Waals surface area contributed by atoms with Crippen LogP contribution in [0.3, 0.4) is 0 Å². The van der Waals surface area contributed by atoms with Crippen molar-refractivity contribution in [1.82, 2.24) is 10.3 Å². The molecule has 0 saturated carbocycles. The number of nitrogens with zero attached hydrogens (tertiary/aromatic N) is 1. The molecule has 0 radical (unpaired) electrons. The van der Waals surface area contributed by atoms with Gasteiger partial charge in [-0.1, -0.05) is 48.2 Å². The second kappa shape index (κ2) is 7.26. The lowest BCUT2D eigenvalue weighted by Crippen LogP contribution is -2.30. The molecule has 0 aliphatic heterocycles. The molecule has 1 N–H and O–H groups in total. The Kier molecular flexibility index (Phi) is 5.38. The predicted octanol–water partition coefficient (Wildman–Crippen LogP) is 3.59. The van der Waals surface area contributed by atoms with Crippen molar-refractivity contribution in [3.05, 3.63) is 48.4 Å². The summed E-state index contributed by atoms with van der Waals surface area (Å²) in [6.45, 7) is 5.96. The Labute approximate surface area is 127 Å². The van der Waals surface area contributed by atoms with Crippen LogP contribution < -0.4 is 5.32 Å². The Morgan fingerprint density at radius 1 is 1.50 bits per heavy atom. The molecule has 1 aromatic heterocycles. The molecule has 0 bridgehead atoms. The Balaban J connectivity index is 1.99. The fraction of sp³-hybridized carbons (Fsp3) is 0.200. The van der Waals surface area contributed by atoms with Gasteiger partial charge in [-0.25, -0.2) is 4.98 Å². The fourth-order valence-electron chi connectivity index (χ4n) is 1.57.